The van der Waals surface area contributed by atoms with Crippen molar-refractivity contribution in [3.8, 4) is 0 Å². The zero-order valence-electron chi connectivity index (χ0n) is 17.1. The van der Waals surface area contributed by atoms with Gasteiger partial charge in [-0.15, -0.1) is 11.3 Å². The molecular formula is C20H25N5O3S. The molecular weight excluding hydrogens is 390 g/mol. The lowest BCUT2D eigenvalue weighted by Crippen LogP contribution is -2.38. The summed E-state index contributed by atoms with van der Waals surface area (Å²) < 4.78 is 0. The van der Waals surface area contributed by atoms with E-state index in [1.54, 1.807) is 16.8 Å². The summed E-state index contributed by atoms with van der Waals surface area (Å²) in [5.74, 6) is -0.0402. The average Bonchev–Trinajstić information content (AvgIpc) is 3.30. The summed E-state index contributed by atoms with van der Waals surface area (Å²) in [5.41, 5.74) is 2.95. The summed E-state index contributed by atoms with van der Waals surface area (Å²) in [6.45, 7) is 7.56. The summed E-state index contributed by atoms with van der Waals surface area (Å²) in [5, 5.41) is 7.82. The van der Waals surface area contributed by atoms with Crippen LogP contribution in [0, 0.1) is 0 Å². The monoisotopic (exact) mass is 415 g/mol. The molecule has 2 aliphatic rings. The third-order valence-corrected chi connectivity index (χ3v) is 6.80. The van der Waals surface area contributed by atoms with Crippen LogP contribution in [-0.4, -0.2) is 64.4 Å². The fourth-order valence-corrected chi connectivity index (χ4v) is 5.30. The van der Waals surface area contributed by atoms with Crippen molar-refractivity contribution in [2.24, 2.45) is 0 Å². The van der Waals surface area contributed by atoms with E-state index in [2.05, 4.69) is 10.2 Å². The Balaban J connectivity index is 1.66. The quantitative estimate of drug-likeness (QED) is 0.832. The first kappa shape index (κ1) is 19.6. The average molecular weight is 416 g/mol. The highest BCUT2D eigenvalue weighted by molar-refractivity contribution is 7.17. The molecule has 0 unspecified atom stereocenters. The van der Waals surface area contributed by atoms with Gasteiger partial charge < -0.3 is 14.7 Å². The van der Waals surface area contributed by atoms with Gasteiger partial charge in [0.05, 0.1) is 12.1 Å². The predicted octanol–water partition coefficient (Wildman–Crippen LogP) is 2.23. The van der Waals surface area contributed by atoms with Gasteiger partial charge in [0.25, 0.3) is 11.8 Å². The molecule has 2 aromatic heterocycles. The lowest BCUT2D eigenvalue weighted by Gasteiger charge is -2.27. The van der Waals surface area contributed by atoms with Crippen molar-refractivity contribution in [3.05, 3.63) is 33.5 Å². The van der Waals surface area contributed by atoms with Crippen LogP contribution in [0.5, 0.6) is 0 Å². The zero-order chi connectivity index (χ0) is 20.9. The van der Waals surface area contributed by atoms with Crippen molar-refractivity contribution in [1.82, 2.24) is 20.0 Å². The Bertz CT molecular complexity index is 992. The van der Waals surface area contributed by atoms with E-state index in [9.17, 15) is 14.4 Å². The first-order valence-electron chi connectivity index (χ1n) is 9.86. The molecule has 0 radical (unpaired) electrons. The van der Waals surface area contributed by atoms with E-state index in [1.807, 2.05) is 26.8 Å². The Morgan fingerprint density at radius 3 is 2.72 bits per heavy atom. The minimum atomic E-state index is -0.116. The number of aromatic amines is 1. The van der Waals surface area contributed by atoms with Crippen LogP contribution in [-0.2, 0) is 17.8 Å². The van der Waals surface area contributed by atoms with E-state index in [1.165, 1.54) is 16.2 Å². The minimum absolute atomic E-state index is 0.0774. The van der Waals surface area contributed by atoms with Gasteiger partial charge in [-0.2, -0.15) is 5.10 Å². The molecule has 29 heavy (non-hydrogen) atoms. The SMILES string of the molecule is CCN1C(=O)CN(C)C(=O)c2c1sc1c2CCN(C(=O)c2cc(C(C)C)[nH]n2)C1. The van der Waals surface area contributed by atoms with E-state index in [0.717, 1.165) is 16.1 Å². The number of anilines is 1. The Morgan fingerprint density at radius 2 is 2.07 bits per heavy atom. The first-order chi connectivity index (χ1) is 13.8. The summed E-state index contributed by atoms with van der Waals surface area (Å²) in [7, 11) is 1.66. The van der Waals surface area contributed by atoms with Gasteiger partial charge in [-0.3, -0.25) is 19.5 Å². The molecule has 0 saturated heterocycles. The maximum atomic E-state index is 12.9. The van der Waals surface area contributed by atoms with Gasteiger partial charge in [0.2, 0.25) is 5.91 Å². The van der Waals surface area contributed by atoms with Crippen LogP contribution in [0.4, 0.5) is 5.00 Å². The Morgan fingerprint density at radius 1 is 1.31 bits per heavy atom. The van der Waals surface area contributed by atoms with Crippen LogP contribution in [0.25, 0.3) is 0 Å². The molecule has 3 amide bonds. The number of carbonyl (C=O) groups is 3. The predicted molar refractivity (Wildman–Crippen MR) is 110 cm³/mol. The van der Waals surface area contributed by atoms with Crippen LogP contribution >= 0.6 is 11.3 Å². The van der Waals surface area contributed by atoms with Crippen molar-refractivity contribution >= 4 is 34.1 Å². The van der Waals surface area contributed by atoms with Gasteiger partial charge in [-0.05, 0) is 30.9 Å². The number of thiophene rings is 1. The van der Waals surface area contributed by atoms with Gasteiger partial charge >= 0.3 is 0 Å². The Hall–Kier alpha value is -2.68. The highest BCUT2D eigenvalue weighted by Crippen LogP contribution is 2.41. The van der Waals surface area contributed by atoms with Gasteiger partial charge in [-0.1, -0.05) is 13.8 Å². The largest absolute Gasteiger partial charge is 0.332 e. The van der Waals surface area contributed by atoms with Crippen LogP contribution in [0.15, 0.2) is 6.07 Å². The number of H-pyrrole nitrogens is 1. The highest BCUT2D eigenvalue weighted by atomic mass is 32.1. The minimum Gasteiger partial charge on any atom is -0.332 e. The standard InChI is InChI=1S/C20H25N5O3S/c1-5-25-16(26)10-23(4)19(28)17-12-6-7-24(9-15(12)29-20(17)25)18(27)14-8-13(11(2)3)21-22-14/h8,11H,5-7,9-10H2,1-4H3,(H,21,22). The molecule has 2 aliphatic heterocycles. The third kappa shape index (κ3) is 3.23. The van der Waals surface area contributed by atoms with Crippen molar-refractivity contribution in [2.45, 2.75) is 39.7 Å². The second-order valence-electron chi connectivity index (χ2n) is 7.82. The topological polar surface area (TPSA) is 89.6 Å². The zero-order valence-corrected chi connectivity index (χ0v) is 17.9. The number of amides is 3. The van der Waals surface area contributed by atoms with Gasteiger partial charge in [0.15, 0.2) is 0 Å². The fraction of sp³-hybridized carbons (Fsp3) is 0.500. The first-order valence-corrected chi connectivity index (χ1v) is 10.7. The molecule has 9 heteroatoms. The van der Waals surface area contributed by atoms with Gasteiger partial charge in [0, 0.05) is 30.7 Å². The molecule has 154 valence electrons. The number of nitrogens with one attached hydrogen (secondary N) is 1. The number of likely N-dealkylation sites (N-methyl/N-ethyl adjacent to an activating group) is 2. The van der Waals surface area contributed by atoms with Gasteiger partial charge in [-0.25, -0.2) is 0 Å². The lowest BCUT2D eigenvalue weighted by molar-refractivity contribution is -0.118. The van der Waals surface area contributed by atoms with E-state index in [4.69, 9.17) is 0 Å². The Labute approximate surface area is 173 Å². The van der Waals surface area contributed by atoms with Crippen LogP contribution in [0.2, 0.25) is 0 Å². The number of aromatic nitrogens is 2. The maximum absolute atomic E-state index is 12.9. The van der Waals surface area contributed by atoms with Crippen molar-refractivity contribution < 1.29 is 14.4 Å². The van der Waals surface area contributed by atoms with Crippen LogP contribution < -0.4 is 4.90 Å². The molecule has 0 bridgehead atoms. The number of hydrogen-bond donors (Lipinski definition) is 1. The molecule has 1 N–H and O–H groups in total. The lowest BCUT2D eigenvalue weighted by atomic mass is 10.0. The van der Waals surface area contributed by atoms with Crippen molar-refractivity contribution in [2.75, 3.05) is 31.6 Å². The molecule has 4 rings (SSSR count). The molecule has 0 aliphatic carbocycles. The summed E-state index contributed by atoms with van der Waals surface area (Å²) in [4.78, 5) is 44.4. The molecule has 0 atom stereocenters. The molecule has 0 fully saturated rings. The summed E-state index contributed by atoms with van der Waals surface area (Å²) in [6.07, 6.45) is 0.597. The molecule has 0 spiro atoms. The molecule has 2 aromatic rings. The molecule has 0 saturated carbocycles. The summed E-state index contributed by atoms with van der Waals surface area (Å²) >= 11 is 1.46. The van der Waals surface area contributed by atoms with Crippen LogP contribution in [0.1, 0.15) is 63.7 Å². The number of nitrogens with zero attached hydrogens (tertiary/aromatic N) is 4. The second kappa shape index (κ2) is 7.29. The maximum Gasteiger partial charge on any atom is 0.274 e. The van der Waals surface area contributed by atoms with E-state index >= 15 is 0 Å². The molecule has 0 aromatic carbocycles. The molecule has 8 nitrogen and oxygen atoms in total. The van der Waals surface area contributed by atoms with E-state index < -0.39 is 0 Å². The second-order valence-corrected chi connectivity index (χ2v) is 8.91. The normalized spacial score (nSPS) is 16.9. The molecule has 4 heterocycles. The van der Waals surface area contributed by atoms with E-state index in [-0.39, 0.29) is 30.2 Å². The third-order valence-electron chi connectivity index (χ3n) is 5.56. The van der Waals surface area contributed by atoms with Gasteiger partial charge in [0.1, 0.15) is 17.2 Å². The van der Waals surface area contributed by atoms with Crippen molar-refractivity contribution in [3.63, 3.8) is 0 Å². The Kier molecular flexibility index (Phi) is 4.94. The number of rotatable bonds is 3. The smallest absolute Gasteiger partial charge is 0.274 e. The number of carbonyl (C=O) groups excluding carboxylic acids is 3. The van der Waals surface area contributed by atoms with Crippen molar-refractivity contribution in [1.29, 1.82) is 0 Å². The van der Waals surface area contributed by atoms with Crippen LogP contribution in [0.3, 0.4) is 0 Å². The van der Waals surface area contributed by atoms with E-state index in [0.29, 0.717) is 42.3 Å². The fourth-order valence-electron chi connectivity index (χ4n) is 3.86. The number of hydrogen-bond acceptors (Lipinski definition) is 5. The highest BCUT2D eigenvalue weighted by Gasteiger charge is 2.37. The summed E-state index contributed by atoms with van der Waals surface area (Å²) in [6, 6.07) is 1.81. The number of fused-ring (bicyclic) bond motifs is 3.